The molecule has 0 spiro atoms. The Morgan fingerprint density at radius 1 is 1.19 bits per heavy atom. The number of ketones is 1. The van der Waals surface area contributed by atoms with Gasteiger partial charge in [0, 0.05) is 20.6 Å². The van der Waals surface area contributed by atoms with Crippen molar-refractivity contribution >= 4 is 5.78 Å². The highest BCUT2D eigenvalue weighted by Gasteiger charge is 2.42. The van der Waals surface area contributed by atoms with E-state index in [1.807, 2.05) is 37.3 Å². The third-order valence-electron chi connectivity index (χ3n) is 4.20. The molecule has 1 aliphatic rings. The quantitative estimate of drug-likeness (QED) is 0.808. The van der Waals surface area contributed by atoms with Gasteiger partial charge in [-0.25, -0.2) is 0 Å². The van der Waals surface area contributed by atoms with Crippen molar-refractivity contribution in [2.24, 2.45) is 5.92 Å². The van der Waals surface area contributed by atoms with E-state index < -0.39 is 0 Å². The number of ether oxygens (including phenoxy) is 3. The number of benzene rings is 1. The van der Waals surface area contributed by atoms with Crippen LogP contribution in [-0.4, -0.2) is 38.3 Å². The highest BCUT2D eigenvalue weighted by Crippen LogP contribution is 2.30. The zero-order valence-corrected chi connectivity index (χ0v) is 13.0. The van der Waals surface area contributed by atoms with E-state index >= 15 is 0 Å². The molecule has 1 fully saturated rings. The zero-order chi connectivity index (χ0) is 15.2. The van der Waals surface area contributed by atoms with Crippen LogP contribution in [0.4, 0.5) is 0 Å². The number of hydrogen-bond donors (Lipinski definition) is 0. The smallest absolute Gasteiger partial charge is 0.141 e. The average Bonchev–Trinajstić information content (AvgIpc) is 2.53. The number of carbonyl (C=O) groups is 1. The molecule has 1 saturated carbocycles. The number of methoxy groups -OCH3 is 2. The van der Waals surface area contributed by atoms with E-state index in [9.17, 15) is 4.79 Å². The Bertz CT molecular complexity index is 445. The minimum absolute atomic E-state index is 0.0412. The van der Waals surface area contributed by atoms with Crippen molar-refractivity contribution in [3.63, 3.8) is 0 Å². The van der Waals surface area contributed by atoms with Crippen LogP contribution >= 0.6 is 0 Å². The first-order valence-corrected chi connectivity index (χ1v) is 7.41. The molecule has 0 aromatic heterocycles. The second-order valence-corrected chi connectivity index (χ2v) is 5.51. The van der Waals surface area contributed by atoms with E-state index in [4.69, 9.17) is 14.2 Å². The fourth-order valence-electron chi connectivity index (χ4n) is 3.01. The lowest BCUT2D eigenvalue weighted by Crippen LogP contribution is -2.49. The van der Waals surface area contributed by atoms with Gasteiger partial charge in [0.1, 0.15) is 5.78 Å². The second kappa shape index (κ2) is 7.69. The fourth-order valence-corrected chi connectivity index (χ4v) is 3.01. The zero-order valence-electron chi connectivity index (χ0n) is 13.0. The van der Waals surface area contributed by atoms with Crippen molar-refractivity contribution in [1.29, 1.82) is 0 Å². The first kappa shape index (κ1) is 16.1. The molecule has 4 nitrogen and oxygen atoms in total. The Morgan fingerprint density at radius 2 is 1.90 bits per heavy atom. The van der Waals surface area contributed by atoms with Crippen molar-refractivity contribution in [3.05, 3.63) is 35.9 Å². The van der Waals surface area contributed by atoms with Gasteiger partial charge in [0.15, 0.2) is 0 Å². The van der Waals surface area contributed by atoms with Crippen LogP contribution in [0, 0.1) is 5.92 Å². The van der Waals surface area contributed by atoms with Gasteiger partial charge in [0.05, 0.1) is 30.8 Å². The van der Waals surface area contributed by atoms with E-state index in [-0.39, 0.29) is 30.0 Å². The van der Waals surface area contributed by atoms with Crippen LogP contribution in [0.3, 0.4) is 0 Å². The summed E-state index contributed by atoms with van der Waals surface area (Å²) in [5.74, 6) is -0.0619. The third-order valence-corrected chi connectivity index (χ3v) is 4.20. The van der Waals surface area contributed by atoms with Crippen LogP contribution < -0.4 is 0 Å². The van der Waals surface area contributed by atoms with E-state index in [1.54, 1.807) is 14.2 Å². The summed E-state index contributed by atoms with van der Waals surface area (Å²) >= 11 is 0. The molecule has 1 aliphatic carbocycles. The molecule has 0 radical (unpaired) electrons. The molecule has 0 aliphatic heterocycles. The molecule has 0 unspecified atom stereocenters. The van der Waals surface area contributed by atoms with Crippen molar-refractivity contribution in [1.82, 2.24) is 0 Å². The summed E-state index contributed by atoms with van der Waals surface area (Å²) in [7, 11) is 3.30. The minimum Gasteiger partial charge on any atom is -0.379 e. The predicted octanol–water partition coefficient (Wildman–Crippen LogP) is 2.60. The lowest BCUT2D eigenvalue weighted by Gasteiger charge is -2.38. The Hall–Kier alpha value is -1.23. The van der Waals surface area contributed by atoms with Crippen LogP contribution in [0.5, 0.6) is 0 Å². The van der Waals surface area contributed by atoms with Gasteiger partial charge in [-0.15, -0.1) is 0 Å². The van der Waals surface area contributed by atoms with Crippen LogP contribution in [0.2, 0.25) is 0 Å². The molecule has 1 aromatic carbocycles. The van der Waals surface area contributed by atoms with Gasteiger partial charge < -0.3 is 14.2 Å². The summed E-state index contributed by atoms with van der Waals surface area (Å²) in [6.45, 7) is 2.44. The lowest BCUT2D eigenvalue weighted by molar-refractivity contribution is -0.156. The Morgan fingerprint density at radius 3 is 2.52 bits per heavy atom. The molecule has 21 heavy (non-hydrogen) atoms. The molecule has 0 saturated heterocycles. The summed E-state index contributed by atoms with van der Waals surface area (Å²) in [4.78, 5) is 12.3. The van der Waals surface area contributed by atoms with E-state index in [0.29, 0.717) is 13.0 Å². The predicted molar refractivity (Wildman–Crippen MR) is 80.0 cm³/mol. The van der Waals surface area contributed by atoms with Crippen molar-refractivity contribution in [3.8, 4) is 0 Å². The monoisotopic (exact) mass is 292 g/mol. The van der Waals surface area contributed by atoms with Crippen LogP contribution in [-0.2, 0) is 25.6 Å². The molecule has 1 aromatic rings. The van der Waals surface area contributed by atoms with E-state index in [1.165, 1.54) is 0 Å². The van der Waals surface area contributed by atoms with Gasteiger partial charge in [0.25, 0.3) is 0 Å². The largest absolute Gasteiger partial charge is 0.379 e. The Balaban J connectivity index is 2.01. The fraction of sp³-hybridized carbons (Fsp3) is 0.588. The van der Waals surface area contributed by atoms with E-state index in [0.717, 1.165) is 12.0 Å². The molecule has 0 amide bonds. The Kier molecular flexibility index (Phi) is 5.91. The molecular formula is C17H24O4. The molecule has 4 atom stereocenters. The first-order chi connectivity index (χ1) is 10.2. The average molecular weight is 292 g/mol. The first-order valence-electron chi connectivity index (χ1n) is 7.41. The molecule has 4 heteroatoms. The van der Waals surface area contributed by atoms with Gasteiger partial charge in [-0.05, 0) is 18.9 Å². The number of hydrogen-bond acceptors (Lipinski definition) is 4. The highest BCUT2D eigenvalue weighted by molar-refractivity contribution is 5.83. The summed E-state index contributed by atoms with van der Waals surface area (Å²) in [5, 5.41) is 0. The van der Waals surface area contributed by atoms with Gasteiger partial charge >= 0.3 is 0 Å². The summed E-state index contributed by atoms with van der Waals surface area (Å²) in [5.41, 5.74) is 1.10. The molecule has 116 valence electrons. The van der Waals surface area contributed by atoms with Gasteiger partial charge in [0.2, 0.25) is 0 Å². The standard InChI is InChI=1S/C17H24O4/c1-12(21-11-13-7-5-4-6-8-13)16-14(18)9-10-15(19-2)17(16)20-3/h4-8,12,15-17H,9-11H2,1-3H3/t12-,15+,16+,17+/m0/s1. The number of Topliss-reactive ketones (excluding diaryl/α,β-unsaturated/α-hetero) is 1. The van der Waals surface area contributed by atoms with Crippen molar-refractivity contribution in [2.45, 2.75) is 44.7 Å². The van der Waals surface area contributed by atoms with Crippen molar-refractivity contribution < 1.29 is 19.0 Å². The Labute approximate surface area is 126 Å². The summed E-state index contributed by atoms with van der Waals surface area (Å²) in [6, 6.07) is 9.96. The SMILES string of the molecule is CO[C@H]1[C@H]([C@H](C)OCc2ccccc2)C(=O)CC[C@H]1OC. The van der Waals surface area contributed by atoms with Crippen LogP contribution in [0.25, 0.3) is 0 Å². The van der Waals surface area contributed by atoms with Crippen LogP contribution in [0.1, 0.15) is 25.3 Å². The lowest BCUT2D eigenvalue weighted by atomic mass is 9.80. The van der Waals surface area contributed by atoms with Gasteiger partial charge in [-0.3, -0.25) is 4.79 Å². The minimum atomic E-state index is -0.266. The van der Waals surface area contributed by atoms with Crippen molar-refractivity contribution in [2.75, 3.05) is 14.2 Å². The molecular weight excluding hydrogens is 268 g/mol. The maximum atomic E-state index is 12.3. The maximum Gasteiger partial charge on any atom is 0.141 e. The molecule has 2 rings (SSSR count). The van der Waals surface area contributed by atoms with E-state index in [2.05, 4.69) is 0 Å². The number of carbonyl (C=O) groups excluding carboxylic acids is 1. The van der Waals surface area contributed by atoms with Gasteiger partial charge in [-0.1, -0.05) is 30.3 Å². The summed E-state index contributed by atoms with van der Waals surface area (Å²) < 4.78 is 16.9. The molecule has 0 heterocycles. The third kappa shape index (κ3) is 3.90. The topological polar surface area (TPSA) is 44.8 Å². The maximum absolute atomic E-state index is 12.3. The normalized spacial score (nSPS) is 27.6. The highest BCUT2D eigenvalue weighted by atomic mass is 16.5. The number of rotatable bonds is 6. The summed E-state index contributed by atoms with van der Waals surface area (Å²) in [6.07, 6.45) is 0.778. The van der Waals surface area contributed by atoms with Crippen LogP contribution in [0.15, 0.2) is 30.3 Å². The molecule has 0 N–H and O–H groups in total. The molecule has 0 bridgehead atoms. The van der Waals surface area contributed by atoms with Gasteiger partial charge in [-0.2, -0.15) is 0 Å². The second-order valence-electron chi connectivity index (χ2n) is 5.51.